The highest BCUT2D eigenvalue weighted by Crippen LogP contribution is 2.39. The molecule has 0 unspecified atom stereocenters. The van der Waals surface area contributed by atoms with Crippen molar-refractivity contribution in [1.29, 1.82) is 0 Å². The third kappa shape index (κ3) is 6.72. The van der Waals surface area contributed by atoms with E-state index in [4.69, 9.17) is 0 Å². The molecule has 210 valence electrons. The van der Waals surface area contributed by atoms with Crippen LogP contribution in [0.5, 0.6) is 0 Å². The number of aliphatic carboxylic acids is 1. The van der Waals surface area contributed by atoms with E-state index in [9.17, 15) is 42.3 Å². The molecule has 13 heteroatoms. The molecule has 2 atom stereocenters. The summed E-state index contributed by atoms with van der Waals surface area (Å²) in [5.41, 5.74) is -1.76. The van der Waals surface area contributed by atoms with Crippen molar-refractivity contribution < 1.29 is 42.3 Å². The fraction of sp³-hybridized carbons (Fsp3) is 0.792. The Morgan fingerprint density at radius 3 is 2.00 bits per heavy atom. The molecule has 0 aromatic rings. The van der Waals surface area contributed by atoms with E-state index in [0.29, 0.717) is 30.8 Å². The molecule has 4 amide bonds. The normalized spacial score (nSPS) is 18.9. The molecule has 2 aliphatic rings. The molecule has 1 aliphatic carbocycles. The molecular formula is C24H37F3N4O6. The van der Waals surface area contributed by atoms with E-state index in [2.05, 4.69) is 5.32 Å². The Hall–Kier alpha value is -2.86. The van der Waals surface area contributed by atoms with Crippen LogP contribution in [-0.2, 0) is 24.0 Å². The van der Waals surface area contributed by atoms with E-state index in [1.54, 1.807) is 20.8 Å². The van der Waals surface area contributed by atoms with Gasteiger partial charge in [-0.1, -0.05) is 26.7 Å². The molecule has 37 heavy (non-hydrogen) atoms. The van der Waals surface area contributed by atoms with Gasteiger partial charge in [0.2, 0.25) is 17.7 Å². The summed E-state index contributed by atoms with van der Waals surface area (Å²) in [5.74, 6) is -6.04. The van der Waals surface area contributed by atoms with Crippen molar-refractivity contribution in [3.05, 3.63) is 0 Å². The molecule has 2 rings (SSSR count). The quantitative estimate of drug-likeness (QED) is 0.440. The average Bonchev–Trinajstić information content (AvgIpc) is 3.52. The first-order valence-electron chi connectivity index (χ1n) is 12.6. The number of amides is 4. The van der Waals surface area contributed by atoms with Crippen molar-refractivity contribution in [3.63, 3.8) is 0 Å². The number of carbonyl (C=O) groups is 5. The molecule has 0 aromatic carbocycles. The maximum atomic E-state index is 13.8. The predicted molar refractivity (Wildman–Crippen MR) is 126 cm³/mol. The maximum Gasteiger partial charge on any atom is 0.471 e. The standard InChI is InChI=1S/C24H37F3N4O6/c1-5-31(21(36)23(10-6-7-11-23)29(4)22(37)24(25,26)27)18(15(2)3)19(34)28-16(14-17(32)33)20(35)30-12-8-9-13-30/h15-16,18H,5-14H2,1-4H3,(H,28,34)(H,32,33)/t16-,18-/m0/s1. The van der Waals surface area contributed by atoms with Crippen LogP contribution in [0.25, 0.3) is 0 Å². The number of hydrogen-bond donors (Lipinski definition) is 2. The number of likely N-dealkylation sites (tertiary alicyclic amines) is 1. The first-order chi connectivity index (χ1) is 17.2. The first kappa shape index (κ1) is 30.4. The molecule has 1 heterocycles. The minimum atomic E-state index is -5.17. The minimum Gasteiger partial charge on any atom is -0.481 e. The van der Waals surface area contributed by atoms with Crippen molar-refractivity contribution in [2.24, 2.45) is 5.92 Å². The Balaban J connectivity index is 2.37. The number of nitrogens with zero attached hydrogens (tertiary/aromatic N) is 3. The lowest BCUT2D eigenvalue weighted by molar-refractivity contribution is -0.192. The summed E-state index contributed by atoms with van der Waals surface area (Å²) >= 11 is 0. The van der Waals surface area contributed by atoms with Crippen LogP contribution in [0.4, 0.5) is 13.2 Å². The highest BCUT2D eigenvalue weighted by molar-refractivity contribution is 5.97. The second kappa shape index (κ2) is 12.1. The van der Waals surface area contributed by atoms with Gasteiger partial charge in [-0.2, -0.15) is 13.2 Å². The van der Waals surface area contributed by atoms with Gasteiger partial charge in [0.05, 0.1) is 6.42 Å². The van der Waals surface area contributed by atoms with Gasteiger partial charge < -0.3 is 25.1 Å². The van der Waals surface area contributed by atoms with Crippen LogP contribution in [0.2, 0.25) is 0 Å². The van der Waals surface area contributed by atoms with E-state index < -0.39 is 65.7 Å². The highest BCUT2D eigenvalue weighted by Gasteiger charge is 2.55. The highest BCUT2D eigenvalue weighted by atomic mass is 19.4. The number of carboxylic acid groups (broad SMARTS) is 1. The first-order valence-corrected chi connectivity index (χ1v) is 12.6. The monoisotopic (exact) mass is 534 g/mol. The molecule has 0 aromatic heterocycles. The van der Waals surface area contributed by atoms with Gasteiger partial charge in [0.25, 0.3) is 0 Å². The van der Waals surface area contributed by atoms with E-state index in [-0.39, 0.29) is 19.4 Å². The van der Waals surface area contributed by atoms with Crippen molar-refractivity contribution >= 4 is 29.6 Å². The molecule has 1 saturated carbocycles. The van der Waals surface area contributed by atoms with Crippen LogP contribution in [0.3, 0.4) is 0 Å². The zero-order valence-electron chi connectivity index (χ0n) is 21.8. The van der Waals surface area contributed by atoms with Gasteiger partial charge in [-0.3, -0.25) is 24.0 Å². The molecule has 0 spiro atoms. The van der Waals surface area contributed by atoms with Crippen molar-refractivity contribution in [2.75, 3.05) is 26.7 Å². The van der Waals surface area contributed by atoms with E-state index in [1.807, 2.05) is 0 Å². The van der Waals surface area contributed by atoms with Crippen LogP contribution in [0.15, 0.2) is 0 Å². The lowest BCUT2D eigenvalue weighted by atomic mass is 9.90. The van der Waals surface area contributed by atoms with Crippen LogP contribution >= 0.6 is 0 Å². The van der Waals surface area contributed by atoms with E-state index in [0.717, 1.165) is 24.8 Å². The molecule has 2 fully saturated rings. The number of rotatable bonds is 10. The molecule has 2 N–H and O–H groups in total. The largest absolute Gasteiger partial charge is 0.481 e. The Kier molecular flexibility index (Phi) is 9.95. The topological polar surface area (TPSA) is 127 Å². The van der Waals surface area contributed by atoms with Gasteiger partial charge in [-0.15, -0.1) is 0 Å². The zero-order chi connectivity index (χ0) is 28.1. The van der Waals surface area contributed by atoms with Crippen LogP contribution in [-0.4, -0.2) is 99.9 Å². The molecule has 1 aliphatic heterocycles. The maximum absolute atomic E-state index is 13.8. The summed E-state index contributed by atoms with van der Waals surface area (Å²) in [4.78, 5) is 66.8. The smallest absolute Gasteiger partial charge is 0.471 e. The Labute approximate surface area is 214 Å². The summed E-state index contributed by atoms with van der Waals surface area (Å²) in [7, 11) is 0.953. The van der Waals surface area contributed by atoms with Gasteiger partial charge in [-0.25, -0.2) is 0 Å². The summed E-state index contributed by atoms with van der Waals surface area (Å²) in [5, 5.41) is 11.8. The minimum absolute atomic E-state index is 0.0160. The second-order valence-electron chi connectivity index (χ2n) is 10.1. The number of alkyl halides is 3. The van der Waals surface area contributed by atoms with Gasteiger partial charge in [0, 0.05) is 26.7 Å². The Morgan fingerprint density at radius 2 is 1.57 bits per heavy atom. The number of nitrogens with one attached hydrogen (secondary N) is 1. The molecule has 10 nitrogen and oxygen atoms in total. The fourth-order valence-corrected chi connectivity index (χ4v) is 5.36. The summed E-state index contributed by atoms with van der Waals surface area (Å²) in [6.07, 6.45) is -3.40. The zero-order valence-corrected chi connectivity index (χ0v) is 21.8. The SMILES string of the molecule is CCN(C(=O)C1(N(C)C(=O)C(F)(F)F)CCCC1)[C@H](C(=O)N[C@@H](CC(=O)O)C(=O)N1CCCC1)C(C)C. The van der Waals surface area contributed by atoms with E-state index >= 15 is 0 Å². The summed E-state index contributed by atoms with van der Waals surface area (Å²) < 4.78 is 39.8. The Morgan fingerprint density at radius 1 is 1.03 bits per heavy atom. The molecule has 0 radical (unpaired) electrons. The summed E-state index contributed by atoms with van der Waals surface area (Å²) in [6, 6.07) is -2.56. The van der Waals surface area contributed by atoms with Gasteiger partial charge in [0.1, 0.15) is 17.6 Å². The third-order valence-corrected chi connectivity index (χ3v) is 7.27. The van der Waals surface area contributed by atoms with Crippen molar-refractivity contribution in [3.8, 4) is 0 Å². The predicted octanol–water partition coefficient (Wildman–Crippen LogP) is 1.77. The second-order valence-corrected chi connectivity index (χ2v) is 10.1. The number of carbonyl (C=O) groups excluding carboxylic acids is 4. The lowest BCUT2D eigenvalue weighted by Gasteiger charge is -2.43. The number of likely N-dealkylation sites (N-methyl/N-ethyl adjacent to an activating group) is 2. The lowest BCUT2D eigenvalue weighted by Crippen LogP contribution is -2.65. The number of hydrogen-bond acceptors (Lipinski definition) is 5. The molecule has 0 bridgehead atoms. The van der Waals surface area contributed by atoms with Crippen molar-refractivity contribution in [1.82, 2.24) is 20.0 Å². The molecular weight excluding hydrogens is 497 g/mol. The van der Waals surface area contributed by atoms with Gasteiger partial charge in [-0.05, 0) is 38.5 Å². The third-order valence-electron chi connectivity index (χ3n) is 7.27. The van der Waals surface area contributed by atoms with E-state index in [1.165, 1.54) is 4.90 Å². The summed E-state index contributed by atoms with van der Waals surface area (Å²) in [6.45, 7) is 5.69. The van der Waals surface area contributed by atoms with Crippen LogP contribution in [0.1, 0.15) is 65.7 Å². The Bertz CT molecular complexity index is 882. The van der Waals surface area contributed by atoms with Crippen LogP contribution < -0.4 is 5.32 Å². The number of halogens is 3. The number of carboxylic acids is 1. The van der Waals surface area contributed by atoms with Gasteiger partial charge in [0.15, 0.2) is 0 Å². The fourth-order valence-electron chi connectivity index (χ4n) is 5.36. The van der Waals surface area contributed by atoms with Gasteiger partial charge >= 0.3 is 18.1 Å². The average molecular weight is 535 g/mol. The molecule has 1 saturated heterocycles. The van der Waals surface area contributed by atoms with Crippen LogP contribution in [0, 0.1) is 5.92 Å². The van der Waals surface area contributed by atoms with Crippen molar-refractivity contribution in [2.45, 2.75) is 89.5 Å².